The van der Waals surface area contributed by atoms with Crippen LogP contribution in [-0.2, 0) is 0 Å². The summed E-state index contributed by atoms with van der Waals surface area (Å²) in [6.45, 7) is 0. The first-order valence-electron chi connectivity index (χ1n) is 6.30. The van der Waals surface area contributed by atoms with Gasteiger partial charge in [0.25, 0.3) is 0 Å². The third-order valence-electron chi connectivity index (χ3n) is 3.60. The van der Waals surface area contributed by atoms with Crippen molar-refractivity contribution < 1.29 is 9.50 Å². The van der Waals surface area contributed by atoms with Crippen molar-refractivity contribution in [1.29, 1.82) is 0 Å². The maximum absolute atomic E-state index is 13.0. The molecule has 1 aromatic rings. The van der Waals surface area contributed by atoms with E-state index in [9.17, 15) is 9.50 Å². The minimum Gasteiger partial charge on any atom is -0.388 e. The van der Waals surface area contributed by atoms with Crippen LogP contribution in [0.25, 0.3) is 0 Å². The Hall–Kier alpha value is -0.160. The lowest BCUT2D eigenvalue weighted by Gasteiger charge is -2.24. The summed E-state index contributed by atoms with van der Waals surface area (Å²) in [5, 5.41) is 10.2. The highest BCUT2D eigenvalue weighted by atomic mass is 127. The number of halogens is 2. The normalized spacial score (nSPS) is 19.2. The van der Waals surface area contributed by atoms with E-state index in [1.807, 2.05) is 0 Å². The average molecular weight is 348 g/mol. The van der Waals surface area contributed by atoms with Gasteiger partial charge in [-0.05, 0) is 52.6 Å². The van der Waals surface area contributed by atoms with E-state index in [1.54, 1.807) is 6.07 Å². The van der Waals surface area contributed by atoms with Gasteiger partial charge in [-0.3, -0.25) is 0 Å². The van der Waals surface area contributed by atoms with Gasteiger partial charge >= 0.3 is 0 Å². The van der Waals surface area contributed by atoms with Crippen molar-refractivity contribution >= 4 is 22.6 Å². The van der Waals surface area contributed by atoms with Crippen LogP contribution in [-0.4, -0.2) is 5.11 Å². The summed E-state index contributed by atoms with van der Waals surface area (Å²) < 4.78 is 13.8. The molecule has 0 saturated heterocycles. The Kier molecular flexibility index (Phi) is 4.79. The molecule has 0 heterocycles. The molecule has 1 atom stereocenters. The Morgan fingerprint density at radius 3 is 2.65 bits per heavy atom. The Labute approximate surface area is 116 Å². The molecule has 1 aromatic carbocycles. The van der Waals surface area contributed by atoms with Gasteiger partial charge in [-0.25, -0.2) is 4.39 Å². The third kappa shape index (κ3) is 3.65. The molecule has 0 radical (unpaired) electrons. The van der Waals surface area contributed by atoms with Crippen molar-refractivity contribution in [2.45, 2.75) is 44.6 Å². The van der Waals surface area contributed by atoms with Crippen LogP contribution < -0.4 is 0 Å². The molecule has 1 unspecified atom stereocenters. The number of rotatable bonds is 3. The van der Waals surface area contributed by atoms with Crippen LogP contribution in [0.15, 0.2) is 18.2 Å². The zero-order valence-corrected chi connectivity index (χ0v) is 12.0. The lowest BCUT2D eigenvalue weighted by atomic mass is 9.84. The minimum absolute atomic E-state index is 0.233. The second-order valence-electron chi connectivity index (χ2n) is 4.92. The van der Waals surface area contributed by atoms with Crippen LogP contribution in [0, 0.1) is 15.3 Å². The first-order valence-corrected chi connectivity index (χ1v) is 7.37. The quantitative estimate of drug-likeness (QED) is 0.801. The van der Waals surface area contributed by atoms with Crippen molar-refractivity contribution in [3.63, 3.8) is 0 Å². The van der Waals surface area contributed by atoms with Gasteiger partial charge in [0.05, 0.1) is 6.10 Å². The van der Waals surface area contributed by atoms with E-state index in [0.29, 0.717) is 5.92 Å². The van der Waals surface area contributed by atoms with Crippen molar-refractivity contribution in [3.8, 4) is 0 Å². The molecule has 0 bridgehead atoms. The lowest BCUT2D eigenvalue weighted by Crippen LogP contribution is -2.12. The predicted molar refractivity (Wildman–Crippen MR) is 75.3 cm³/mol. The van der Waals surface area contributed by atoms with E-state index in [1.165, 1.54) is 44.2 Å². The Morgan fingerprint density at radius 1 is 1.29 bits per heavy atom. The Morgan fingerprint density at radius 2 is 2.00 bits per heavy atom. The lowest BCUT2D eigenvalue weighted by molar-refractivity contribution is 0.130. The summed E-state index contributed by atoms with van der Waals surface area (Å²) in [6.07, 6.45) is 6.76. The molecule has 0 aliphatic heterocycles. The summed E-state index contributed by atoms with van der Waals surface area (Å²) >= 11 is 2.10. The largest absolute Gasteiger partial charge is 0.388 e. The zero-order valence-electron chi connectivity index (χ0n) is 9.83. The van der Waals surface area contributed by atoms with Gasteiger partial charge in [0, 0.05) is 3.57 Å². The molecule has 1 nitrogen and oxygen atoms in total. The highest BCUT2D eigenvalue weighted by Gasteiger charge is 2.20. The van der Waals surface area contributed by atoms with Crippen LogP contribution in [0.2, 0.25) is 0 Å². The molecule has 2 rings (SSSR count). The fraction of sp³-hybridized carbons (Fsp3) is 0.571. The molecule has 17 heavy (non-hydrogen) atoms. The first-order chi connectivity index (χ1) is 8.16. The zero-order chi connectivity index (χ0) is 12.3. The first kappa shape index (κ1) is 13.3. The standard InChI is InChI=1S/C14H18FIO/c15-11-6-7-12(13(16)9-11)14(17)8-10-4-2-1-3-5-10/h6-7,9-10,14,17H,1-5,8H2. The summed E-state index contributed by atoms with van der Waals surface area (Å²) in [6, 6.07) is 4.63. The Balaban J connectivity index is 2.00. The van der Waals surface area contributed by atoms with E-state index in [4.69, 9.17) is 0 Å². The predicted octanol–water partition coefficient (Wildman–Crippen LogP) is 4.43. The SMILES string of the molecule is OC(CC1CCCCC1)c1ccc(F)cc1I. The number of hydrogen-bond acceptors (Lipinski definition) is 1. The van der Waals surface area contributed by atoms with Crippen LogP contribution in [0.1, 0.15) is 50.2 Å². The number of hydrogen-bond donors (Lipinski definition) is 1. The van der Waals surface area contributed by atoms with E-state index in [-0.39, 0.29) is 5.82 Å². The van der Waals surface area contributed by atoms with Gasteiger partial charge in [0.2, 0.25) is 0 Å². The summed E-state index contributed by atoms with van der Waals surface area (Å²) in [7, 11) is 0. The van der Waals surface area contributed by atoms with Crippen LogP contribution in [0.3, 0.4) is 0 Å². The maximum atomic E-state index is 13.0. The van der Waals surface area contributed by atoms with Gasteiger partial charge < -0.3 is 5.11 Å². The van der Waals surface area contributed by atoms with Gasteiger partial charge in [-0.1, -0.05) is 38.2 Å². The highest BCUT2D eigenvalue weighted by molar-refractivity contribution is 14.1. The van der Waals surface area contributed by atoms with Crippen LogP contribution in [0.5, 0.6) is 0 Å². The monoisotopic (exact) mass is 348 g/mol. The van der Waals surface area contributed by atoms with E-state index < -0.39 is 6.10 Å². The van der Waals surface area contributed by atoms with Gasteiger partial charge in [-0.15, -0.1) is 0 Å². The fourth-order valence-corrected chi connectivity index (χ4v) is 3.47. The molecule has 1 aliphatic carbocycles. The second-order valence-corrected chi connectivity index (χ2v) is 6.08. The molecule has 3 heteroatoms. The summed E-state index contributed by atoms with van der Waals surface area (Å²) in [5.74, 6) is 0.405. The van der Waals surface area contributed by atoms with Crippen molar-refractivity contribution in [3.05, 3.63) is 33.1 Å². The van der Waals surface area contributed by atoms with Crippen molar-refractivity contribution in [2.75, 3.05) is 0 Å². The van der Waals surface area contributed by atoms with Gasteiger partial charge in [0.15, 0.2) is 0 Å². The maximum Gasteiger partial charge on any atom is 0.124 e. The van der Waals surface area contributed by atoms with E-state index >= 15 is 0 Å². The van der Waals surface area contributed by atoms with E-state index in [0.717, 1.165) is 15.6 Å². The van der Waals surface area contributed by atoms with E-state index in [2.05, 4.69) is 22.6 Å². The molecule has 1 aliphatic rings. The minimum atomic E-state index is -0.439. The molecule has 0 spiro atoms. The average Bonchev–Trinajstić information content (AvgIpc) is 2.30. The van der Waals surface area contributed by atoms with Gasteiger partial charge in [0.1, 0.15) is 5.82 Å². The second kappa shape index (κ2) is 6.14. The Bertz CT molecular complexity index is 374. The number of aliphatic hydroxyl groups is 1. The third-order valence-corrected chi connectivity index (χ3v) is 4.54. The highest BCUT2D eigenvalue weighted by Crippen LogP contribution is 2.33. The molecular formula is C14H18FIO. The van der Waals surface area contributed by atoms with Crippen molar-refractivity contribution in [2.24, 2.45) is 5.92 Å². The smallest absolute Gasteiger partial charge is 0.124 e. The molecule has 0 amide bonds. The number of aliphatic hydroxyl groups excluding tert-OH is 1. The van der Waals surface area contributed by atoms with Crippen molar-refractivity contribution in [1.82, 2.24) is 0 Å². The summed E-state index contributed by atoms with van der Waals surface area (Å²) in [5.41, 5.74) is 0.873. The summed E-state index contributed by atoms with van der Waals surface area (Å²) in [4.78, 5) is 0. The topological polar surface area (TPSA) is 20.2 Å². The molecule has 1 fully saturated rings. The molecular weight excluding hydrogens is 330 g/mol. The number of benzene rings is 1. The molecule has 1 saturated carbocycles. The fourth-order valence-electron chi connectivity index (χ4n) is 2.64. The molecule has 0 aromatic heterocycles. The van der Waals surface area contributed by atoms with Crippen LogP contribution >= 0.6 is 22.6 Å². The van der Waals surface area contributed by atoms with Crippen LogP contribution in [0.4, 0.5) is 4.39 Å². The molecule has 1 N–H and O–H groups in total. The van der Waals surface area contributed by atoms with Gasteiger partial charge in [-0.2, -0.15) is 0 Å². The molecule has 94 valence electrons.